The largest absolute Gasteiger partial charge is 0.483 e. The molecule has 2 heterocycles. The first-order valence-electron chi connectivity index (χ1n) is 10.0. The lowest BCUT2D eigenvalue weighted by Gasteiger charge is -2.38. The Kier molecular flexibility index (Phi) is 7.04. The molecule has 1 saturated heterocycles. The van der Waals surface area contributed by atoms with Gasteiger partial charge in [0.1, 0.15) is 11.9 Å². The Hall–Kier alpha value is -2.67. The van der Waals surface area contributed by atoms with Gasteiger partial charge in [-0.15, -0.1) is 0 Å². The van der Waals surface area contributed by atoms with Gasteiger partial charge in [-0.05, 0) is 44.6 Å². The maximum atomic E-state index is 12.9. The quantitative estimate of drug-likeness (QED) is 0.774. The fourth-order valence-electron chi connectivity index (χ4n) is 3.82. The molecular weight excluding hydrogens is 372 g/mol. The molecule has 1 aliphatic heterocycles. The van der Waals surface area contributed by atoms with E-state index in [1.54, 1.807) is 0 Å². The number of morpholine rings is 1. The number of rotatable bonds is 5. The summed E-state index contributed by atoms with van der Waals surface area (Å²) < 4.78 is 11.6. The summed E-state index contributed by atoms with van der Waals surface area (Å²) in [4.78, 5) is 23.3. The van der Waals surface area contributed by atoms with Gasteiger partial charge in [0.05, 0.1) is 18.3 Å². The van der Waals surface area contributed by atoms with Crippen molar-refractivity contribution in [3.05, 3.63) is 52.9 Å². The normalized spacial score (nSPS) is 21.2. The van der Waals surface area contributed by atoms with Gasteiger partial charge in [0.15, 0.2) is 0 Å². The fourth-order valence-corrected chi connectivity index (χ4v) is 3.82. The van der Waals surface area contributed by atoms with Crippen LogP contribution in [0.2, 0.25) is 0 Å². The number of hydrogen-bond donors (Lipinski definition) is 1. The molecule has 0 radical (unpaired) electrons. The SMILES string of the molecule is Cc1noc(C)c1CCC(=O)N1C[C@@H](c2ccccc2)O[C@@H](C2CC2)C1.O=CO. The average Bonchev–Trinajstić information content (AvgIpc) is 3.54. The molecule has 1 aliphatic carbocycles. The van der Waals surface area contributed by atoms with Crippen molar-refractivity contribution in [1.29, 1.82) is 0 Å². The van der Waals surface area contributed by atoms with Crippen LogP contribution in [0.4, 0.5) is 0 Å². The van der Waals surface area contributed by atoms with Gasteiger partial charge in [0.2, 0.25) is 5.91 Å². The third-order valence-electron chi connectivity index (χ3n) is 5.57. The molecule has 2 atom stereocenters. The number of nitrogens with zero attached hydrogens (tertiary/aromatic N) is 2. The van der Waals surface area contributed by atoms with Crippen molar-refractivity contribution < 1.29 is 24.0 Å². The molecule has 156 valence electrons. The van der Waals surface area contributed by atoms with Crippen molar-refractivity contribution in [3.8, 4) is 0 Å². The molecule has 2 aromatic rings. The number of carboxylic acid groups (broad SMARTS) is 1. The van der Waals surface area contributed by atoms with Gasteiger partial charge < -0.3 is 19.3 Å². The highest BCUT2D eigenvalue weighted by atomic mass is 16.5. The summed E-state index contributed by atoms with van der Waals surface area (Å²) in [6.45, 7) is 4.94. The van der Waals surface area contributed by atoms with Crippen LogP contribution in [0, 0.1) is 19.8 Å². The van der Waals surface area contributed by atoms with Gasteiger partial charge >= 0.3 is 0 Å². The summed E-state index contributed by atoms with van der Waals surface area (Å²) >= 11 is 0. The number of aromatic nitrogens is 1. The van der Waals surface area contributed by atoms with Crippen LogP contribution in [-0.4, -0.2) is 46.7 Å². The lowest BCUT2D eigenvalue weighted by molar-refractivity contribution is -0.148. The molecule has 7 heteroatoms. The second kappa shape index (κ2) is 9.69. The van der Waals surface area contributed by atoms with Crippen molar-refractivity contribution in [1.82, 2.24) is 10.1 Å². The second-order valence-electron chi connectivity index (χ2n) is 7.62. The van der Waals surface area contributed by atoms with Crippen LogP contribution < -0.4 is 0 Å². The van der Waals surface area contributed by atoms with Crippen molar-refractivity contribution >= 4 is 12.4 Å². The summed E-state index contributed by atoms with van der Waals surface area (Å²) in [6, 6.07) is 10.3. The summed E-state index contributed by atoms with van der Waals surface area (Å²) in [5.41, 5.74) is 3.10. The third-order valence-corrected chi connectivity index (χ3v) is 5.57. The topological polar surface area (TPSA) is 92.9 Å². The Morgan fingerprint density at radius 1 is 1.24 bits per heavy atom. The van der Waals surface area contributed by atoms with Gasteiger partial charge in [-0.2, -0.15) is 0 Å². The van der Waals surface area contributed by atoms with Crippen LogP contribution in [0.25, 0.3) is 0 Å². The van der Waals surface area contributed by atoms with Crippen molar-refractivity contribution in [2.75, 3.05) is 13.1 Å². The Balaban J connectivity index is 0.000000755. The van der Waals surface area contributed by atoms with E-state index in [2.05, 4.69) is 17.3 Å². The summed E-state index contributed by atoms with van der Waals surface area (Å²) in [6.07, 6.45) is 3.74. The predicted octanol–water partition coefficient (Wildman–Crippen LogP) is 3.30. The molecule has 0 spiro atoms. The van der Waals surface area contributed by atoms with E-state index in [1.165, 1.54) is 12.8 Å². The van der Waals surface area contributed by atoms with Gasteiger partial charge in [-0.3, -0.25) is 9.59 Å². The predicted molar refractivity (Wildman–Crippen MR) is 106 cm³/mol. The average molecular weight is 400 g/mol. The number of ether oxygens (including phenoxy) is 1. The van der Waals surface area contributed by atoms with E-state index in [1.807, 2.05) is 36.9 Å². The van der Waals surface area contributed by atoms with Crippen molar-refractivity contribution in [2.24, 2.45) is 5.92 Å². The molecule has 1 aromatic heterocycles. The minimum Gasteiger partial charge on any atom is -0.483 e. The highest BCUT2D eigenvalue weighted by molar-refractivity contribution is 5.76. The zero-order valence-electron chi connectivity index (χ0n) is 16.9. The number of benzene rings is 1. The molecule has 1 amide bonds. The molecule has 2 fully saturated rings. The Morgan fingerprint density at radius 3 is 2.52 bits per heavy atom. The van der Waals surface area contributed by atoms with Crippen LogP contribution in [0.5, 0.6) is 0 Å². The number of amides is 1. The Labute approximate surface area is 170 Å². The maximum absolute atomic E-state index is 12.9. The molecule has 2 aliphatic rings. The number of hydrogen-bond acceptors (Lipinski definition) is 5. The van der Waals surface area contributed by atoms with E-state index < -0.39 is 0 Å². The molecule has 7 nitrogen and oxygen atoms in total. The Morgan fingerprint density at radius 2 is 1.93 bits per heavy atom. The fraction of sp³-hybridized carbons (Fsp3) is 0.500. The third kappa shape index (κ3) is 5.44. The van der Waals surface area contributed by atoms with Gasteiger partial charge in [0.25, 0.3) is 6.47 Å². The van der Waals surface area contributed by atoms with Crippen molar-refractivity contribution in [3.63, 3.8) is 0 Å². The molecule has 0 unspecified atom stereocenters. The van der Waals surface area contributed by atoms with Gasteiger partial charge in [-0.25, -0.2) is 0 Å². The lowest BCUT2D eigenvalue weighted by atomic mass is 10.0. The molecule has 0 bridgehead atoms. The summed E-state index contributed by atoms with van der Waals surface area (Å²) in [7, 11) is 0. The van der Waals surface area contributed by atoms with E-state index in [0.29, 0.717) is 31.8 Å². The first kappa shape index (κ1) is 21.0. The maximum Gasteiger partial charge on any atom is 0.290 e. The number of aryl methyl sites for hydroxylation is 2. The molecule has 4 rings (SSSR count). The summed E-state index contributed by atoms with van der Waals surface area (Å²) in [5.74, 6) is 1.62. The van der Waals surface area contributed by atoms with Crippen LogP contribution in [-0.2, 0) is 20.7 Å². The van der Waals surface area contributed by atoms with Crippen LogP contribution in [0.1, 0.15) is 47.9 Å². The lowest BCUT2D eigenvalue weighted by Crippen LogP contribution is -2.47. The zero-order chi connectivity index (χ0) is 20.8. The highest BCUT2D eigenvalue weighted by Crippen LogP contribution is 2.39. The zero-order valence-corrected chi connectivity index (χ0v) is 16.9. The van der Waals surface area contributed by atoms with E-state index in [4.69, 9.17) is 19.2 Å². The Bertz CT molecular complexity index is 796. The first-order chi connectivity index (χ1) is 14.0. The molecular formula is C22H28N2O5. The minimum absolute atomic E-state index is 0.0291. The van der Waals surface area contributed by atoms with Gasteiger partial charge in [0, 0.05) is 18.5 Å². The van der Waals surface area contributed by atoms with E-state index in [-0.39, 0.29) is 24.6 Å². The molecule has 1 aromatic carbocycles. The van der Waals surface area contributed by atoms with Crippen LogP contribution >= 0.6 is 0 Å². The minimum atomic E-state index is -0.250. The second-order valence-corrected chi connectivity index (χ2v) is 7.62. The summed E-state index contributed by atoms with van der Waals surface area (Å²) in [5, 5.41) is 10.9. The smallest absolute Gasteiger partial charge is 0.290 e. The molecule has 29 heavy (non-hydrogen) atoms. The highest BCUT2D eigenvalue weighted by Gasteiger charge is 2.39. The van der Waals surface area contributed by atoms with Crippen LogP contribution in [0.15, 0.2) is 34.9 Å². The van der Waals surface area contributed by atoms with E-state index >= 15 is 0 Å². The van der Waals surface area contributed by atoms with E-state index in [9.17, 15) is 4.79 Å². The monoisotopic (exact) mass is 400 g/mol. The first-order valence-corrected chi connectivity index (χ1v) is 10.0. The standard InChI is InChI=1S/C21H26N2O3.CH2O2/c1-14-18(15(2)26-22-14)10-11-21(24)23-12-19(16-6-4-3-5-7-16)25-20(13-23)17-8-9-17;2-1-3/h3-7,17,19-20H,8-13H2,1-2H3;1H,(H,2,3)/t19-,20+;/m0./s1. The number of carbonyl (C=O) groups is 2. The van der Waals surface area contributed by atoms with E-state index in [0.717, 1.165) is 22.6 Å². The molecule has 1 saturated carbocycles. The van der Waals surface area contributed by atoms with Crippen molar-refractivity contribution in [2.45, 2.75) is 51.7 Å². The van der Waals surface area contributed by atoms with Gasteiger partial charge in [-0.1, -0.05) is 35.5 Å². The number of carbonyl (C=O) groups excluding carboxylic acids is 1. The molecule has 1 N–H and O–H groups in total. The van der Waals surface area contributed by atoms with Crippen LogP contribution in [0.3, 0.4) is 0 Å².